The van der Waals surface area contributed by atoms with E-state index < -0.39 is 0 Å². The molecule has 0 radical (unpaired) electrons. The second-order valence-electron chi connectivity index (χ2n) is 4.76. The number of allylic oxidation sites excluding steroid dienone is 1. The SMILES string of the molecule is C=CCCC(C)Nc1ccc(C)cc1OCCC. The van der Waals surface area contributed by atoms with Gasteiger partial charge in [-0.1, -0.05) is 19.1 Å². The van der Waals surface area contributed by atoms with Gasteiger partial charge in [0.15, 0.2) is 0 Å². The molecule has 0 aliphatic carbocycles. The Kier molecular flexibility index (Phi) is 6.34. The van der Waals surface area contributed by atoms with Crippen molar-refractivity contribution in [3.8, 4) is 5.75 Å². The predicted molar refractivity (Wildman–Crippen MR) is 79.5 cm³/mol. The van der Waals surface area contributed by atoms with Crippen LogP contribution in [0.1, 0.15) is 38.7 Å². The standard InChI is InChI=1S/C16H25NO/c1-5-7-8-14(4)17-15-10-9-13(3)12-16(15)18-11-6-2/h5,9-10,12,14,17H,1,6-8,11H2,2-4H3. The fraction of sp³-hybridized carbons (Fsp3) is 0.500. The third kappa shape index (κ3) is 4.82. The number of anilines is 1. The summed E-state index contributed by atoms with van der Waals surface area (Å²) in [5, 5.41) is 3.51. The van der Waals surface area contributed by atoms with E-state index in [1.54, 1.807) is 0 Å². The third-order valence-electron chi connectivity index (χ3n) is 2.80. The number of aryl methyl sites for hydroxylation is 1. The van der Waals surface area contributed by atoms with Crippen molar-refractivity contribution in [2.24, 2.45) is 0 Å². The van der Waals surface area contributed by atoms with Crippen LogP contribution in [0.15, 0.2) is 30.9 Å². The van der Waals surface area contributed by atoms with Crippen LogP contribution >= 0.6 is 0 Å². The highest BCUT2D eigenvalue weighted by Gasteiger charge is 2.07. The topological polar surface area (TPSA) is 21.3 Å². The van der Waals surface area contributed by atoms with Gasteiger partial charge in [0.2, 0.25) is 0 Å². The number of hydrogen-bond donors (Lipinski definition) is 1. The molecule has 1 aromatic rings. The number of rotatable bonds is 8. The van der Waals surface area contributed by atoms with Gasteiger partial charge < -0.3 is 10.1 Å². The van der Waals surface area contributed by atoms with Crippen molar-refractivity contribution in [1.29, 1.82) is 0 Å². The molecule has 0 saturated carbocycles. The van der Waals surface area contributed by atoms with Crippen LogP contribution in [-0.2, 0) is 0 Å². The Hall–Kier alpha value is -1.44. The smallest absolute Gasteiger partial charge is 0.142 e. The fourth-order valence-corrected chi connectivity index (χ4v) is 1.79. The zero-order valence-electron chi connectivity index (χ0n) is 11.8. The summed E-state index contributed by atoms with van der Waals surface area (Å²) in [6, 6.07) is 6.74. The normalized spacial score (nSPS) is 11.9. The molecule has 1 atom stereocenters. The van der Waals surface area contributed by atoms with Crippen LogP contribution in [0.4, 0.5) is 5.69 Å². The van der Waals surface area contributed by atoms with Crippen LogP contribution in [0.2, 0.25) is 0 Å². The Morgan fingerprint density at radius 2 is 2.22 bits per heavy atom. The molecule has 18 heavy (non-hydrogen) atoms. The van der Waals surface area contributed by atoms with Crippen LogP contribution in [0.5, 0.6) is 5.75 Å². The molecule has 1 N–H and O–H groups in total. The summed E-state index contributed by atoms with van der Waals surface area (Å²) in [5.74, 6) is 0.960. The van der Waals surface area contributed by atoms with Gasteiger partial charge in [-0.25, -0.2) is 0 Å². The summed E-state index contributed by atoms with van der Waals surface area (Å²) in [5.41, 5.74) is 2.32. The van der Waals surface area contributed by atoms with Gasteiger partial charge in [-0.2, -0.15) is 0 Å². The van der Waals surface area contributed by atoms with Gasteiger partial charge in [-0.3, -0.25) is 0 Å². The maximum Gasteiger partial charge on any atom is 0.142 e. The van der Waals surface area contributed by atoms with Crippen molar-refractivity contribution in [2.45, 2.75) is 46.1 Å². The zero-order chi connectivity index (χ0) is 13.4. The first kappa shape index (κ1) is 14.6. The van der Waals surface area contributed by atoms with Crippen molar-refractivity contribution in [2.75, 3.05) is 11.9 Å². The van der Waals surface area contributed by atoms with Crippen molar-refractivity contribution in [3.05, 3.63) is 36.4 Å². The van der Waals surface area contributed by atoms with E-state index in [9.17, 15) is 0 Å². The second kappa shape index (κ2) is 7.80. The first-order valence-electron chi connectivity index (χ1n) is 6.78. The molecule has 0 aromatic heterocycles. The second-order valence-corrected chi connectivity index (χ2v) is 4.76. The molecule has 0 fully saturated rings. The van der Waals surface area contributed by atoms with E-state index in [0.717, 1.165) is 37.3 Å². The van der Waals surface area contributed by atoms with Gasteiger partial charge in [0.25, 0.3) is 0 Å². The van der Waals surface area contributed by atoms with Crippen LogP contribution in [0, 0.1) is 6.92 Å². The summed E-state index contributed by atoms with van der Waals surface area (Å²) in [7, 11) is 0. The molecule has 0 spiro atoms. The van der Waals surface area contributed by atoms with E-state index in [0.29, 0.717) is 6.04 Å². The molecule has 1 unspecified atom stereocenters. The Morgan fingerprint density at radius 1 is 1.44 bits per heavy atom. The number of benzene rings is 1. The van der Waals surface area contributed by atoms with Crippen LogP contribution in [-0.4, -0.2) is 12.6 Å². The zero-order valence-corrected chi connectivity index (χ0v) is 11.8. The van der Waals surface area contributed by atoms with E-state index in [1.165, 1.54) is 5.56 Å². The van der Waals surface area contributed by atoms with Crippen LogP contribution in [0.25, 0.3) is 0 Å². The van der Waals surface area contributed by atoms with Gasteiger partial charge in [-0.05, 0) is 50.8 Å². The molecule has 100 valence electrons. The average molecular weight is 247 g/mol. The Balaban J connectivity index is 2.70. The average Bonchev–Trinajstić information content (AvgIpc) is 2.36. The minimum absolute atomic E-state index is 0.426. The lowest BCUT2D eigenvalue weighted by atomic mass is 10.1. The summed E-state index contributed by atoms with van der Waals surface area (Å²) in [6.45, 7) is 10.9. The molecular formula is C16H25NO. The minimum atomic E-state index is 0.426. The Bertz CT molecular complexity index is 373. The van der Waals surface area contributed by atoms with Gasteiger partial charge in [-0.15, -0.1) is 6.58 Å². The molecule has 1 aromatic carbocycles. The highest BCUT2D eigenvalue weighted by molar-refractivity contribution is 5.58. The molecule has 2 heteroatoms. The van der Waals surface area contributed by atoms with Crippen molar-refractivity contribution in [3.63, 3.8) is 0 Å². The van der Waals surface area contributed by atoms with E-state index in [2.05, 4.69) is 50.9 Å². The number of nitrogens with one attached hydrogen (secondary N) is 1. The monoisotopic (exact) mass is 247 g/mol. The lowest BCUT2D eigenvalue weighted by Crippen LogP contribution is -2.15. The molecule has 1 rings (SSSR count). The van der Waals surface area contributed by atoms with Gasteiger partial charge in [0.05, 0.1) is 12.3 Å². The maximum atomic E-state index is 5.79. The molecule has 0 aliphatic heterocycles. The molecule has 0 bridgehead atoms. The van der Waals surface area contributed by atoms with E-state index >= 15 is 0 Å². The van der Waals surface area contributed by atoms with Crippen LogP contribution in [0.3, 0.4) is 0 Å². The fourth-order valence-electron chi connectivity index (χ4n) is 1.79. The first-order chi connectivity index (χ1) is 8.67. The number of hydrogen-bond acceptors (Lipinski definition) is 2. The van der Waals surface area contributed by atoms with Gasteiger partial charge in [0.1, 0.15) is 5.75 Å². The lowest BCUT2D eigenvalue weighted by molar-refractivity contribution is 0.318. The third-order valence-corrected chi connectivity index (χ3v) is 2.80. The minimum Gasteiger partial charge on any atom is -0.491 e. The largest absolute Gasteiger partial charge is 0.491 e. The summed E-state index contributed by atoms with van der Waals surface area (Å²) in [6.07, 6.45) is 5.11. The summed E-state index contributed by atoms with van der Waals surface area (Å²) < 4.78 is 5.79. The lowest BCUT2D eigenvalue weighted by Gasteiger charge is -2.18. The summed E-state index contributed by atoms with van der Waals surface area (Å²) >= 11 is 0. The van der Waals surface area contributed by atoms with E-state index in [-0.39, 0.29) is 0 Å². The van der Waals surface area contributed by atoms with Crippen molar-refractivity contribution >= 4 is 5.69 Å². The van der Waals surface area contributed by atoms with Gasteiger partial charge in [0, 0.05) is 6.04 Å². The maximum absolute atomic E-state index is 5.79. The quantitative estimate of drug-likeness (QED) is 0.680. The first-order valence-corrected chi connectivity index (χ1v) is 6.78. The molecule has 2 nitrogen and oxygen atoms in total. The molecule has 0 saturated heterocycles. The highest BCUT2D eigenvalue weighted by atomic mass is 16.5. The van der Waals surface area contributed by atoms with Gasteiger partial charge >= 0.3 is 0 Å². The van der Waals surface area contributed by atoms with E-state index in [4.69, 9.17) is 4.74 Å². The number of ether oxygens (including phenoxy) is 1. The Morgan fingerprint density at radius 3 is 2.89 bits per heavy atom. The predicted octanol–water partition coefficient (Wildman–Crippen LogP) is 4.55. The Labute approximate surface area is 111 Å². The molecule has 0 aliphatic rings. The van der Waals surface area contributed by atoms with Crippen molar-refractivity contribution in [1.82, 2.24) is 0 Å². The molecule has 0 heterocycles. The van der Waals surface area contributed by atoms with Crippen LogP contribution < -0.4 is 10.1 Å². The molecule has 0 amide bonds. The highest BCUT2D eigenvalue weighted by Crippen LogP contribution is 2.27. The molecular weight excluding hydrogens is 222 g/mol. The van der Waals surface area contributed by atoms with Crippen molar-refractivity contribution < 1.29 is 4.74 Å². The summed E-state index contributed by atoms with van der Waals surface area (Å²) in [4.78, 5) is 0. The van der Waals surface area contributed by atoms with E-state index in [1.807, 2.05) is 6.08 Å².